The minimum atomic E-state index is 0.817. The molecule has 0 aliphatic rings. The molecular formula is C56H34N6O. The number of aromatic nitrogens is 6. The first-order chi connectivity index (χ1) is 31.3. The van der Waals surface area contributed by atoms with Crippen LogP contribution in [0.25, 0.3) is 122 Å². The average molecular weight is 807 g/mol. The van der Waals surface area contributed by atoms with Gasteiger partial charge in [-0.05, 0) is 119 Å². The van der Waals surface area contributed by atoms with Gasteiger partial charge in [-0.25, -0.2) is 0 Å². The smallest absolute Gasteiger partial charge is 0.159 e. The third-order valence-corrected chi connectivity index (χ3v) is 12.4. The Labute approximate surface area is 360 Å². The highest BCUT2D eigenvalue weighted by Gasteiger charge is 2.21. The lowest BCUT2D eigenvalue weighted by Gasteiger charge is -2.11. The van der Waals surface area contributed by atoms with Crippen LogP contribution >= 0.6 is 0 Å². The normalized spacial score (nSPS) is 11.8. The van der Waals surface area contributed by atoms with Crippen LogP contribution in [0.2, 0.25) is 0 Å². The van der Waals surface area contributed by atoms with Crippen LogP contribution in [0.3, 0.4) is 0 Å². The second-order valence-corrected chi connectivity index (χ2v) is 15.8. The zero-order valence-corrected chi connectivity index (χ0v) is 33.7. The summed E-state index contributed by atoms with van der Waals surface area (Å²) >= 11 is 0. The van der Waals surface area contributed by atoms with Crippen molar-refractivity contribution >= 4 is 65.8 Å². The molecule has 7 heteroatoms. The number of rotatable bonds is 6. The minimum absolute atomic E-state index is 0.817. The summed E-state index contributed by atoms with van der Waals surface area (Å²) in [5.74, 6) is 0. The molecule has 0 atom stereocenters. The van der Waals surface area contributed by atoms with Crippen LogP contribution in [-0.2, 0) is 0 Å². The van der Waals surface area contributed by atoms with Crippen molar-refractivity contribution in [3.8, 4) is 56.1 Å². The van der Waals surface area contributed by atoms with Crippen LogP contribution in [0.4, 0.5) is 0 Å². The molecule has 7 aromatic heterocycles. The summed E-state index contributed by atoms with van der Waals surface area (Å²) in [5, 5.41) is 4.23. The predicted octanol–water partition coefficient (Wildman–Crippen LogP) is 14.0. The van der Waals surface area contributed by atoms with Gasteiger partial charge >= 0.3 is 0 Å². The molecule has 7 nitrogen and oxygen atoms in total. The van der Waals surface area contributed by atoms with Crippen LogP contribution in [0.15, 0.2) is 211 Å². The summed E-state index contributed by atoms with van der Waals surface area (Å²) in [6.45, 7) is 0. The molecule has 0 radical (unpaired) electrons. The van der Waals surface area contributed by atoms with Gasteiger partial charge in [-0.2, -0.15) is 0 Å². The third kappa shape index (κ3) is 5.46. The maximum Gasteiger partial charge on any atom is 0.159 e. The van der Waals surface area contributed by atoms with E-state index in [2.05, 4.69) is 165 Å². The Balaban J connectivity index is 0.960. The highest BCUT2D eigenvalue weighted by Crippen LogP contribution is 2.42. The molecular weight excluding hydrogens is 773 g/mol. The molecule has 13 aromatic rings. The number of benzene rings is 6. The van der Waals surface area contributed by atoms with Crippen molar-refractivity contribution in [1.82, 2.24) is 29.1 Å². The van der Waals surface area contributed by atoms with Gasteiger partial charge in [-0.3, -0.25) is 19.9 Å². The highest BCUT2D eigenvalue weighted by molar-refractivity contribution is 6.14. The summed E-state index contributed by atoms with van der Waals surface area (Å²) in [6, 6.07) is 63.6. The Morgan fingerprint density at radius 2 is 0.905 bits per heavy atom. The largest absolute Gasteiger partial charge is 0.454 e. The maximum absolute atomic E-state index is 6.85. The van der Waals surface area contributed by atoms with Gasteiger partial charge in [0.2, 0.25) is 0 Å². The lowest BCUT2D eigenvalue weighted by atomic mass is 9.96. The first-order valence-electron chi connectivity index (χ1n) is 21.0. The van der Waals surface area contributed by atoms with Gasteiger partial charge < -0.3 is 13.6 Å². The monoisotopic (exact) mass is 806 g/mol. The average Bonchev–Trinajstić information content (AvgIpc) is 4.01. The Kier molecular flexibility index (Phi) is 7.77. The maximum atomic E-state index is 6.85. The van der Waals surface area contributed by atoms with Crippen molar-refractivity contribution in [1.29, 1.82) is 0 Å². The van der Waals surface area contributed by atoms with Crippen LogP contribution in [-0.4, -0.2) is 29.1 Å². The zero-order chi connectivity index (χ0) is 41.4. The van der Waals surface area contributed by atoms with Gasteiger partial charge in [-0.1, -0.05) is 84.9 Å². The molecule has 0 aliphatic carbocycles. The summed E-state index contributed by atoms with van der Waals surface area (Å²) in [5.41, 5.74) is 18.2. The molecule has 0 saturated carbocycles. The Morgan fingerprint density at radius 1 is 0.349 bits per heavy atom. The molecule has 0 amide bonds. The molecule has 63 heavy (non-hydrogen) atoms. The number of fused-ring (bicyclic) bond motifs is 9. The van der Waals surface area contributed by atoms with E-state index in [0.29, 0.717) is 0 Å². The molecule has 0 N–H and O–H groups in total. The summed E-state index contributed by atoms with van der Waals surface area (Å²) < 4.78 is 11.5. The first kappa shape index (κ1) is 35.1. The van der Waals surface area contributed by atoms with Gasteiger partial charge in [0, 0.05) is 63.1 Å². The van der Waals surface area contributed by atoms with Crippen molar-refractivity contribution in [3.05, 3.63) is 207 Å². The van der Waals surface area contributed by atoms with E-state index in [-0.39, 0.29) is 0 Å². The number of pyridine rings is 4. The first-order valence-corrected chi connectivity index (χ1v) is 21.0. The van der Waals surface area contributed by atoms with Crippen molar-refractivity contribution in [2.75, 3.05) is 0 Å². The fraction of sp³-hybridized carbons (Fsp3) is 0. The second kappa shape index (κ2) is 13.9. The van der Waals surface area contributed by atoms with Gasteiger partial charge in [0.25, 0.3) is 0 Å². The van der Waals surface area contributed by atoms with Crippen LogP contribution in [0.5, 0.6) is 0 Å². The van der Waals surface area contributed by atoms with E-state index in [9.17, 15) is 0 Å². The Morgan fingerprint density at radius 3 is 1.51 bits per heavy atom. The molecule has 0 aliphatic heterocycles. The standard InChI is InChI=1S/C56H34N6O/c1-3-14-40(46-17-5-7-28-57-46)38(12-1)35-22-25-48-44(32-35)54-50(20-10-30-59-54)61(48)37-24-27-53-43(34-37)42-16-9-19-52(56(42)63-53)62-49-26-23-36(33-45(49)55-51(62)21-11-31-60-55)39-13-2-4-15-41(39)47-18-6-8-29-58-47/h1-34H. The molecule has 0 fully saturated rings. The molecule has 294 valence electrons. The van der Waals surface area contributed by atoms with E-state index in [1.165, 1.54) is 0 Å². The highest BCUT2D eigenvalue weighted by atomic mass is 16.3. The van der Waals surface area contributed by atoms with Crippen LogP contribution in [0.1, 0.15) is 0 Å². The molecule has 13 rings (SSSR count). The lowest BCUT2D eigenvalue weighted by molar-refractivity contribution is 0.666. The van der Waals surface area contributed by atoms with E-state index in [0.717, 1.165) is 122 Å². The topological polar surface area (TPSA) is 74.6 Å². The minimum Gasteiger partial charge on any atom is -0.454 e. The number of hydrogen-bond donors (Lipinski definition) is 0. The summed E-state index contributed by atoms with van der Waals surface area (Å²) in [7, 11) is 0. The molecule has 7 heterocycles. The summed E-state index contributed by atoms with van der Waals surface area (Å²) in [6.07, 6.45) is 7.43. The molecule has 0 unspecified atom stereocenters. The fourth-order valence-corrected chi connectivity index (χ4v) is 9.59. The molecule has 0 spiro atoms. The van der Waals surface area contributed by atoms with E-state index >= 15 is 0 Å². The Bertz CT molecular complexity index is 3920. The van der Waals surface area contributed by atoms with E-state index < -0.39 is 0 Å². The lowest BCUT2D eigenvalue weighted by Crippen LogP contribution is -1.94. The van der Waals surface area contributed by atoms with Gasteiger partial charge in [0.05, 0.1) is 50.2 Å². The van der Waals surface area contributed by atoms with Crippen molar-refractivity contribution in [3.63, 3.8) is 0 Å². The number of furan rings is 1. The van der Waals surface area contributed by atoms with E-state index in [1.807, 2.05) is 61.2 Å². The SMILES string of the molecule is c1ccc(-c2ccccc2-c2ccc3c(c2)c2ncccc2n3-c2ccc3oc4c(-n5c6ccc(-c7ccccc7-c7ccccn7)cc6c6ncccc65)cccc4c3c2)nc1. The van der Waals surface area contributed by atoms with Crippen molar-refractivity contribution < 1.29 is 4.42 Å². The van der Waals surface area contributed by atoms with Crippen molar-refractivity contribution in [2.45, 2.75) is 0 Å². The van der Waals surface area contributed by atoms with E-state index in [4.69, 9.17) is 14.4 Å². The zero-order valence-electron chi connectivity index (χ0n) is 33.7. The Hall–Kier alpha value is -8.68. The van der Waals surface area contributed by atoms with Crippen LogP contribution in [0, 0.1) is 0 Å². The van der Waals surface area contributed by atoms with Crippen molar-refractivity contribution in [2.24, 2.45) is 0 Å². The number of para-hydroxylation sites is 1. The second-order valence-electron chi connectivity index (χ2n) is 15.8. The van der Waals surface area contributed by atoms with E-state index in [1.54, 1.807) is 0 Å². The number of nitrogens with zero attached hydrogens (tertiary/aromatic N) is 6. The fourth-order valence-electron chi connectivity index (χ4n) is 9.59. The molecule has 6 aromatic carbocycles. The van der Waals surface area contributed by atoms with Gasteiger partial charge in [0.1, 0.15) is 5.58 Å². The van der Waals surface area contributed by atoms with Crippen LogP contribution < -0.4 is 0 Å². The quantitative estimate of drug-likeness (QED) is 0.167. The molecule has 0 saturated heterocycles. The molecule has 0 bridgehead atoms. The van der Waals surface area contributed by atoms with Gasteiger partial charge in [0.15, 0.2) is 5.58 Å². The predicted molar refractivity (Wildman–Crippen MR) is 255 cm³/mol. The summed E-state index contributed by atoms with van der Waals surface area (Å²) in [4.78, 5) is 19.2. The number of hydrogen-bond acceptors (Lipinski definition) is 5. The van der Waals surface area contributed by atoms with Gasteiger partial charge in [-0.15, -0.1) is 0 Å². The third-order valence-electron chi connectivity index (χ3n) is 12.4.